The van der Waals surface area contributed by atoms with E-state index in [-0.39, 0.29) is 17.1 Å². The molecule has 7 nitrogen and oxygen atoms in total. The first-order valence-electron chi connectivity index (χ1n) is 5.10. The van der Waals surface area contributed by atoms with E-state index in [9.17, 15) is 13.2 Å². The molecule has 0 radical (unpaired) electrons. The van der Waals surface area contributed by atoms with Gasteiger partial charge in [0, 0.05) is 7.05 Å². The summed E-state index contributed by atoms with van der Waals surface area (Å²) in [6.45, 7) is -0.356. The van der Waals surface area contributed by atoms with E-state index in [1.165, 1.54) is 38.4 Å². The van der Waals surface area contributed by atoms with Crippen molar-refractivity contribution in [3.63, 3.8) is 0 Å². The van der Waals surface area contributed by atoms with Crippen molar-refractivity contribution in [1.82, 2.24) is 4.47 Å². The Bertz CT molecular complexity index is 589. The molecule has 0 unspecified atom stereocenters. The normalized spacial score (nSPS) is 11.1. The fourth-order valence-corrected chi connectivity index (χ4v) is 2.16. The van der Waals surface area contributed by atoms with Crippen molar-refractivity contribution < 1.29 is 22.8 Å². The van der Waals surface area contributed by atoms with Gasteiger partial charge in [-0.1, -0.05) is 4.47 Å². The molecule has 1 rings (SSSR count). The molecule has 0 N–H and O–H groups in total. The number of carbonyl (C=O) groups is 1. The van der Waals surface area contributed by atoms with Crippen molar-refractivity contribution in [3.8, 4) is 6.07 Å². The number of ether oxygens (including phenoxy) is 1. The van der Waals surface area contributed by atoms with Crippen LogP contribution in [0, 0.1) is 11.3 Å². The Labute approximate surface area is 111 Å². The molecular formula is C11H12N2O5S. The van der Waals surface area contributed by atoms with E-state index in [2.05, 4.69) is 9.57 Å². The van der Waals surface area contributed by atoms with Crippen LogP contribution in [0.25, 0.3) is 0 Å². The van der Waals surface area contributed by atoms with E-state index in [1.54, 1.807) is 6.07 Å². The number of benzene rings is 1. The minimum absolute atomic E-state index is 0.0197. The molecule has 0 heterocycles. The zero-order chi connectivity index (χ0) is 14.5. The predicted octanol–water partition coefficient (Wildman–Crippen LogP) is 0.549. The Morgan fingerprint density at radius 1 is 1.37 bits per heavy atom. The molecule has 0 bridgehead atoms. The second-order valence-corrected chi connectivity index (χ2v) is 5.29. The highest BCUT2D eigenvalue weighted by Crippen LogP contribution is 2.15. The van der Waals surface area contributed by atoms with E-state index in [1.807, 2.05) is 0 Å². The largest absolute Gasteiger partial charge is 0.447 e. The maximum Gasteiger partial charge on any atom is 0.339 e. The highest BCUT2D eigenvalue weighted by Gasteiger charge is 2.21. The molecule has 0 aromatic heterocycles. The minimum atomic E-state index is -3.74. The van der Waals surface area contributed by atoms with E-state index in [0.29, 0.717) is 4.47 Å². The van der Waals surface area contributed by atoms with Crippen molar-refractivity contribution in [1.29, 1.82) is 5.26 Å². The van der Waals surface area contributed by atoms with Crippen LogP contribution in [0.3, 0.4) is 0 Å². The van der Waals surface area contributed by atoms with Crippen LogP contribution in [0.5, 0.6) is 0 Å². The molecule has 0 saturated heterocycles. The number of esters is 1. The van der Waals surface area contributed by atoms with Crippen molar-refractivity contribution in [2.75, 3.05) is 20.8 Å². The topological polar surface area (TPSA) is 96.7 Å². The molecule has 0 atom stereocenters. The predicted molar refractivity (Wildman–Crippen MR) is 64.3 cm³/mol. The lowest BCUT2D eigenvalue weighted by Crippen LogP contribution is -2.25. The van der Waals surface area contributed by atoms with E-state index >= 15 is 0 Å². The van der Waals surface area contributed by atoms with Gasteiger partial charge in [-0.05, 0) is 24.3 Å². The summed E-state index contributed by atoms with van der Waals surface area (Å²) >= 11 is 0. The van der Waals surface area contributed by atoms with E-state index in [0.717, 1.165) is 0 Å². The Kier molecular flexibility index (Phi) is 5.00. The third kappa shape index (κ3) is 3.51. The van der Waals surface area contributed by atoms with Gasteiger partial charge in [-0.25, -0.2) is 13.2 Å². The lowest BCUT2D eigenvalue weighted by Gasteiger charge is -2.14. The summed E-state index contributed by atoms with van der Waals surface area (Å²) in [6, 6.07) is 6.78. The average molecular weight is 284 g/mol. The third-order valence-electron chi connectivity index (χ3n) is 2.25. The number of sulfonamides is 1. The van der Waals surface area contributed by atoms with Gasteiger partial charge in [-0.15, -0.1) is 0 Å². The molecule has 0 aliphatic heterocycles. The molecule has 0 saturated carbocycles. The van der Waals surface area contributed by atoms with Crippen LogP contribution >= 0.6 is 0 Å². The van der Waals surface area contributed by atoms with Crippen molar-refractivity contribution in [2.24, 2.45) is 0 Å². The highest BCUT2D eigenvalue weighted by molar-refractivity contribution is 7.89. The Balaban J connectivity index is 2.95. The van der Waals surface area contributed by atoms with Gasteiger partial charge in [0.25, 0.3) is 10.0 Å². The molecule has 0 amide bonds. The Hall–Kier alpha value is -1.95. The van der Waals surface area contributed by atoms with E-state index < -0.39 is 16.0 Å². The molecule has 0 aliphatic rings. The monoisotopic (exact) mass is 284 g/mol. The van der Waals surface area contributed by atoms with Crippen molar-refractivity contribution in [3.05, 3.63) is 29.8 Å². The number of nitriles is 1. The first kappa shape index (κ1) is 15.1. The van der Waals surface area contributed by atoms with Crippen LogP contribution in [0.15, 0.2) is 29.2 Å². The molecule has 0 spiro atoms. The van der Waals surface area contributed by atoms with Crippen molar-refractivity contribution >= 4 is 16.0 Å². The zero-order valence-electron chi connectivity index (χ0n) is 10.4. The van der Waals surface area contributed by atoms with Gasteiger partial charge in [0.15, 0.2) is 6.61 Å². The summed E-state index contributed by atoms with van der Waals surface area (Å²) < 4.78 is 29.0. The lowest BCUT2D eigenvalue weighted by molar-refractivity contribution is -0.0258. The van der Waals surface area contributed by atoms with Crippen LogP contribution in [0.4, 0.5) is 0 Å². The number of carbonyl (C=O) groups excluding carboxylic acids is 1. The van der Waals surface area contributed by atoms with Crippen LogP contribution in [0.1, 0.15) is 10.4 Å². The minimum Gasteiger partial charge on any atom is -0.447 e. The first-order valence-corrected chi connectivity index (χ1v) is 6.54. The fourth-order valence-electron chi connectivity index (χ4n) is 1.19. The van der Waals surface area contributed by atoms with Crippen molar-refractivity contribution in [2.45, 2.75) is 4.90 Å². The third-order valence-corrected chi connectivity index (χ3v) is 3.95. The number of rotatable bonds is 5. The molecule has 19 heavy (non-hydrogen) atoms. The second-order valence-electron chi connectivity index (χ2n) is 3.36. The molecule has 0 fully saturated rings. The quantitative estimate of drug-likeness (QED) is 0.578. The average Bonchev–Trinajstić information content (AvgIpc) is 2.43. The summed E-state index contributed by atoms with van der Waals surface area (Å²) in [4.78, 5) is 16.0. The fraction of sp³-hybridized carbons (Fsp3) is 0.273. The molecule has 102 valence electrons. The second kappa shape index (κ2) is 6.29. The van der Waals surface area contributed by atoms with Gasteiger partial charge >= 0.3 is 5.97 Å². The van der Waals surface area contributed by atoms with Crippen LogP contribution in [-0.4, -0.2) is 39.6 Å². The zero-order valence-corrected chi connectivity index (χ0v) is 11.2. The SMILES string of the molecule is CON(C)S(=O)(=O)c1ccc(C(=O)OCC#N)cc1. The van der Waals surface area contributed by atoms with Gasteiger partial charge in [0.2, 0.25) is 0 Å². The summed E-state index contributed by atoms with van der Waals surface area (Å²) in [7, 11) is -1.26. The van der Waals surface area contributed by atoms with Gasteiger partial charge in [-0.2, -0.15) is 5.26 Å². The highest BCUT2D eigenvalue weighted by atomic mass is 32.2. The maximum atomic E-state index is 11.9. The van der Waals surface area contributed by atoms with Gasteiger partial charge in [0.1, 0.15) is 6.07 Å². The summed E-state index contributed by atoms with van der Waals surface area (Å²) in [6.07, 6.45) is 0. The molecule has 1 aromatic carbocycles. The first-order chi connectivity index (χ1) is 8.93. The van der Waals surface area contributed by atoms with Crippen LogP contribution in [0.2, 0.25) is 0 Å². The number of hydrogen-bond donors (Lipinski definition) is 0. The number of nitrogens with zero attached hydrogens (tertiary/aromatic N) is 2. The molecule has 8 heteroatoms. The lowest BCUT2D eigenvalue weighted by atomic mass is 10.2. The van der Waals surface area contributed by atoms with Crippen LogP contribution in [-0.2, 0) is 19.6 Å². The molecule has 0 aliphatic carbocycles. The standard InChI is InChI=1S/C11H12N2O5S/c1-13(17-2)19(15,16)10-5-3-9(4-6-10)11(14)18-8-7-12/h3-6H,8H2,1-2H3. The van der Waals surface area contributed by atoms with Crippen LogP contribution < -0.4 is 0 Å². The number of hydroxylamine groups is 1. The Morgan fingerprint density at radius 2 is 1.95 bits per heavy atom. The summed E-state index contributed by atoms with van der Waals surface area (Å²) in [5.74, 6) is -0.689. The van der Waals surface area contributed by atoms with E-state index in [4.69, 9.17) is 5.26 Å². The summed E-state index contributed by atoms with van der Waals surface area (Å²) in [5.41, 5.74) is 0.161. The van der Waals surface area contributed by atoms with Gasteiger partial charge in [0.05, 0.1) is 17.6 Å². The molecular weight excluding hydrogens is 272 g/mol. The van der Waals surface area contributed by atoms with Gasteiger partial charge < -0.3 is 4.74 Å². The maximum absolute atomic E-state index is 11.9. The Morgan fingerprint density at radius 3 is 2.42 bits per heavy atom. The summed E-state index contributed by atoms with van der Waals surface area (Å²) in [5, 5.41) is 8.28. The number of hydrogen-bond acceptors (Lipinski definition) is 6. The molecule has 1 aromatic rings. The van der Waals surface area contributed by atoms with Gasteiger partial charge in [-0.3, -0.25) is 4.84 Å². The smallest absolute Gasteiger partial charge is 0.339 e.